The van der Waals surface area contributed by atoms with Crippen molar-refractivity contribution in [1.29, 1.82) is 0 Å². The van der Waals surface area contributed by atoms with Gasteiger partial charge in [0, 0.05) is 17.4 Å². The van der Waals surface area contributed by atoms with Crippen molar-refractivity contribution in [3.8, 4) is 0 Å². The van der Waals surface area contributed by atoms with Crippen molar-refractivity contribution >= 4 is 28.6 Å². The first-order chi connectivity index (χ1) is 14.0. The molecule has 0 radical (unpaired) electrons. The molecule has 0 fully saturated rings. The molecule has 6 nitrogen and oxygen atoms in total. The molecule has 0 aliphatic rings. The average Bonchev–Trinajstić information content (AvgIpc) is 3.07. The maximum absolute atomic E-state index is 11.3. The minimum absolute atomic E-state index is 0.216. The highest BCUT2D eigenvalue weighted by atomic mass is 16.4. The third-order valence-corrected chi connectivity index (χ3v) is 5.01. The molecule has 2 N–H and O–H groups in total. The van der Waals surface area contributed by atoms with Crippen LogP contribution in [0.2, 0.25) is 0 Å². The first-order valence-corrected chi connectivity index (χ1v) is 9.14. The van der Waals surface area contributed by atoms with Crippen LogP contribution >= 0.6 is 0 Å². The lowest BCUT2D eigenvalue weighted by Gasteiger charge is -2.11. The van der Waals surface area contributed by atoms with Crippen LogP contribution in [0.5, 0.6) is 0 Å². The monoisotopic (exact) mass is 384 g/mol. The van der Waals surface area contributed by atoms with Crippen molar-refractivity contribution < 1.29 is 9.90 Å². The van der Waals surface area contributed by atoms with Crippen molar-refractivity contribution in [3.05, 3.63) is 95.5 Å². The lowest BCUT2D eigenvalue weighted by Crippen LogP contribution is -2.03. The summed E-state index contributed by atoms with van der Waals surface area (Å²) in [6, 6.07) is 15.0. The van der Waals surface area contributed by atoms with Crippen LogP contribution in [0.25, 0.3) is 11.1 Å². The average molecular weight is 384 g/mol. The number of aryl methyl sites for hydroxylation is 2. The van der Waals surface area contributed by atoms with Gasteiger partial charge >= 0.3 is 5.97 Å². The first-order valence-electron chi connectivity index (χ1n) is 9.14. The number of rotatable bonds is 5. The largest absolute Gasteiger partial charge is 0.478 e. The molecule has 0 amide bonds. The third-order valence-electron chi connectivity index (χ3n) is 5.01. The van der Waals surface area contributed by atoms with Crippen LogP contribution < -0.4 is 5.32 Å². The Morgan fingerprint density at radius 3 is 2.59 bits per heavy atom. The van der Waals surface area contributed by atoms with E-state index in [9.17, 15) is 9.90 Å². The Morgan fingerprint density at radius 2 is 1.86 bits per heavy atom. The van der Waals surface area contributed by atoms with E-state index in [-0.39, 0.29) is 5.56 Å². The van der Waals surface area contributed by atoms with Gasteiger partial charge in [0.1, 0.15) is 11.8 Å². The number of nitrogens with one attached hydrogen (secondary N) is 1. The van der Waals surface area contributed by atoms with Gasteiger partial charge in [0.25, 0.3) is 0 Å². The molecule has 0 unspecified atom stereocenters. The summed E-state index contributed by atoms with van der Waals surface area (Å²) in [6.45, 7) is 8.19. The zero-order chi connectivity index (χ0) is 20.5. The van der Waals surface area contributed by atoms with Gasteiger partial charge in [0.05, 0.1) is 5.56 Å². The molecule has 0 bridgehead atoms. The van der Waals surface area contributed by atoms with Gasteiger partial charge < -0.3 is 10.4 Å². The smallest absolute Gasteiger partial charge is 0.335 e. The van der Waals surface area contributed by atoms with Crippen LogP contribution in [-0.4, -0.2) is 25.7 Å². The Balaban J connectivity index is 1.79. The van der Waals surface area contributed by atoms with E-state index in [0.717, 1.165) is 33.3 Å². The molecule has 144 valence electrons. The van der Waals surface area contributed by atoms with Crippen LogP contribution in [0.1, 0.15) is 32.6 Å². The number of carboxylic acids is 1. The number of fused-ring (bicyclic) bond motifs is 1. The molecule has 0 spiro atoms. The van der Waals surface area contributed by atoms with Crippen LogP contribution in [-0.2, 0) is 0 Å². The zero-order valence-electron chi connectivity index (χ0n) is 16.2. The lowest BCUT2D eigenvalue weighted by atomic mass is 9.99. The predicted molar refractivity (Wildman–Crippen MR) is 114 cm³/mol. The van der Waals surface area contributed by atoms with Gasteiger partial charge in [-0.3, -0.25) is 0 Å². The molecule has 0 saturated heterocycles. The number of carbonyl (C=O) groups is 1. The number of benzene rings is 2. The van der Waals surface area contributed by atoms with E-state index in [4.69, 9.17) is 0 Å². The number of hydrogen-bond donors (Lipinski definition) is 2. The summed E-state index contributed by atoms with van der Waals surface area (Å²) in [7, 11) is 0. The van der Waals surface area contributed by atoms with Crippen LogP contribution in [0.15, 0.2) is 67.6 Å². The van der Waals surface area contributed by atoms with Crippen molar-refractivity contribution in [2.45, 2.75) is 13.8 Å². The van der Waals surface area contributed by atoms with Gasteiger partial charge in [-0.15, -0.1) is 0 Å². The molecule has 6 heteroatoms. The Hall–Kier alpha value is -3.93. The number of anilines is 2. The number of nitrogens with zero attached hydrogens (tertiary/aromatic N) is 3. The highest BCUT2D eigenvalue weighted by Crippen LogP contribution is 2.32. The second-order valence-electron chi connectivity index (χ2n) is 6.87. The van der Waals surface area contributed by atoms with Gasteiger partial charge in [-0.05, 0) is 48.2 Å². The first kappa shape index (κ1) is 18.4. The minimum Gasteiger partial charge on any atom is -0.478 e. The molecule has 29 heavy (non-hydrogen) atoms. The topological polar surface area (TPSA) is 79.5 Å². The fourth-order valence-electron chi connectivity index (χ4n) is 3.37. The fraction of sp³-hybridized carbons (Fsp3) is 0.0870. The number of aromatic carboxylic acids is 1. The molecule has 4 rings (SSSR count). The van der Waals surface area contributed by atoms with Crippen molar-refractivity contribution in [2.24, 2.45) is 0 Å². The van der Waals surface area contributed by atoms with E-state index in [1.165, 1.54) is 6.33 Å². The van der Waals surface area contributed by atoms with Gasteiger partial charge in [-0.1, -0.05) is 43.0 Å². The van der Waals surface area contributed by atoms with Crippen molar-refractivity contribution in [2.75, 3.05) is 5.32 Å². The molecular formula is C23H20N4O2. The summed E-state index contributed by atoms with van der Waals surface area (Å²) < 4.78 is 1.77. The Morgan fingerprint density at radius 1 is 1.10 bits per heavy atom. The predicted octanol–water partition coefficient (Wildman–Crippen LogP) is 4.85. The SMILES string of the molecule is C=C(c1ccccc1)c1cn2ncnc(Nc3cc(C(=O)O)ccc3C)c2c1C. The quantitative estimate of drug-likeness (QED) is 0.514. The molecule has 2 heterocycles. The summed E-state index contributed by atoms with van der Waals surface area (Å²) in [5.41, 5.74) is 6.57. The molecule has 4 aromatic rings. The maximum Gasteiger partial charge on any atom is 0.335 e. The minimum atomic E-state index is -0.971. The van der Waals surface area contributed by atoms with Gasteiger partial charge in [0.2, 0.25) is 0 Å². The highest BCUT2D eigenvalue weighted by molar-refractivity contribution is 5.91. The Kier molecular flexibility index (Phi) is 4.60. The molecule has 0 atom stereocenters. The van der Waals surface area contributed by atoms with Gasteiger partial charge in [-0.25, -0.2) is 14.3 Å². The zero-order valence-corrected chi connectivity index (χ0v) is 16.2. The Labute approximate surface area is 168 Å². The summed E-state index contributed by atoms with van der Waals surface area (Å²) in [4.78, 5) is 15.7. The summed E-state index contributed by atoms with van der Waals surface area (Å²) in [5.74, 6) is -0.364. The van der Waals surface area contributed by atoms with E-state index in [0.29, 0.717) is 11.5 Å². The van der Waals surface area contributed by atoms with Gasteiger partial charge in [0.15, 0.2) is 5.82 Å². The number of aromatic nitrogens is 3. The van der Waals surface area contributed by atoms with Crippen LogP contribution in [0.3, 0.4) is 0 Å². The van der Waals surface area contributed by atoms with E-state index >= 15 is 0 Å². The highest BCUT2D eigenvalue weighted by Gasteiger charge is 2.16. The number of carboxylic acid groups (broad SMARTS) is 1. The van der Waals surface area contributed by atoms with Crippen LogP contribution in [0, 0.1) is 13.8 Å². The van der Waals surface area contributed by atoms with E-state index in [1.807, 2.05) is 50.4 Å². The summed E-state index contributed by atoms with van der Waals surface area (Å²) in [6.07, 6.45) is 3.41. The molecule has 0 aliphatic carbocycles. The molecular weight excluding hydrogens is 364 g/mol. The molecule has 0 saturated carbocycles. The Bertz CT molecular complexity index is 1240. The lowest BCUT2D eigenvalue weighted by molar-refractivity contribution is 0.0697. The standard InChI is InChI=1S/C23H20N4O2/c1-14-9-10-18(23(28)29)11-20(14)26-22-21-16(3)19(12-27(21)25-13-24-22)15(2)17-7-5-4-6-8-17/h4-13H,2H2,1,3H3,(H,28,29)(H,24,25,26). The second-order valence-corrected chi connectivity index (χ2v) is 6.87. The third kappa shape index (κ3) is 3.36. The maximum atomic E-state index is 11.3. The van der Waals surface area contributed by atoms with Crippen molar-refractivity contribution in [1.82, 2.24) is 14.6 Å². The van der Waals surface area contributed by atoms with E-state index < -0.39 is 5.97 Å². The molecule has 2 aromatic heterocycles. The normalized spacial score (nSPS) is 10.8. The summed E-state index contributed by atoms with van der Waals surface area (Å²) >= 11 is 0. The van der Waals surface area contributed by atoms with Crippen molar-refractivity contribution in [3.63, 3.8) is 0 Å². The van der Waals surface area contributed by atoms with E-state index in [1.54, 1.807) is 22.7 Å². The van der Waals surface area contributed by atoms with Gasteiger partial charge in [-0.2, -0.15) is 5.10 Å². The summed E-state index contributed by atoms with van der Waals surface area (Å²) in [5, 5.41) is 16.9. The second kappa shape index (κ2) is 7.24. The fourth-order valence-corrected chi connectivity index (χ4v) is 3.37. The van der Waals surface area contributed by atoms with Crippen LogP contribution in [0.4, 0.5) is 11.5 Å². The molecule has 2 aromatic carbocycles. The number of hydrogen-bond acceptors (Lipinski definition) is 4. The van der Waals surface area contributed by atoms with E-state index in [2.05, 4.69) is 22.0 Å². The molecule has 0 aliphatic heterocycles.